The van der Waals surface area contributed by atoms with Gasteiger partial charge in [-0.1, -0.05) is 12.1 Å². The van der Waals surface area contributed by atoms with Gasteiger partial charge in [0.05, 0.1) is 0 Å². The minimum atomic E-state index is -0.253. The van der Waals surface area contributed by atoms with E-state index in [-0.39, 0.29) is 11.7 Å². The monoisotopic (exact) mass is 336 g/mol. The molecule has 1 aromatic heterocycles. The van der Waals surface area contributed by atoms with Crippen LogP contribution in [0.3, 0.4) is 0 Å². The number of aromatic nitrogens is 1. The zero-order chi connectivity index (χ0) is 14.7. The largest absolute Gasteiger partial charge is 0.347 e. The molecule has 0 radical (unpaired) electrons. The summed E-state index contributed by atoms with van der Waals surface area (Å²) in [4.78, 5) is 15.9. The van der Waals surface area contributed by atoms with Crippen LogP contribution in [0, 0.1) is 19.7 Å². The lowest BCUT2D eigenvalue weighted by atomic mass is 10.1. The molecule has 1 amide bonds. The summed E-state index contributed by atoms with van der Waals surface area (Å²) >= 11 is 3.26. The molecule has 0 spiro atoms. The number of carbonyl (C=O) groups is 1. The fourth-order valence-electron chi connectivity index (χ4n) is 1.92. The van der Waals surface area contributed by atoms with Crippen LogP contribution >= 0.6 is 15.9 Å². The Morgan fingerprint density at radius 2 is 1.95 bits per heavy atom. The first-order valence-corrected chi connectivity index (χ1v) is 6.92. The van der Waals surface area contributed by atoms with Gasteiger partial charge in [0.2, 0.25) is 0 Å². The van der Waals surface area contributed by atoms with Gasteiger partial charge < -0.3 is 5.32 Å². The van der Waals surface area contributed by atoms with E-state index in [2.05, 4.69) is 26.2 Å². The Labute approximate surface area is 125 Å². The number of nitrogens with one attached hydrogen (secondary N) is 1. The third kappa shape index (κ3) is 3.42. The van der Waals surface area contributed by atoms with E-state index in [0.717, 1.165) is 10.0 Å². The van der Waals surface area contributed by atoms with Crippen molar-refractivity contribution in [2.45, 2.75) is 20.4 Å². The number of amides is 1. The quantitative estimate of drug-likeness (QED) is 0.931. The highest BCUT2D eigenvalue weighted by Gasteiger charge is 2.08. The van der Waals surface area contributed by atoms with Crippen LogP contribution in [-0.2, 0) is 6.54 Å². The molecule has 0 bridgehead atoms. The summed E-state index contributed by atoms with van der Waals surface area (Å²) in [5.41, 5.74) is 2.38. The molecule has 0 aliphatic carbocycles. The van der Waals surface area contributed by atoms with Gasteiger partial charge in [0.25, 0.3) is 5.91 Å². The predicted octanol–water partition coefficient (Wildman–Crippen LogP) is 3.53. The Balaban J connectivity index is 2.05. The van der Waals surface area contributed by atoms with Crippen molar-refractivity contribution in [1.82, 2.24) is 10.3 Å². The van der Waals surface area contributed by atoms with Crippen LogP contribution in [0.4, 0.5) is 4.39 Å². The lowest BCUT2D eigenvalue weighted by Gasteiger charge is -2.08. The fraction of sp³-hybridized carbons (Fsp3) is 0.200. The summed E-state index contributed by atoms with van der Waals surface area (Å²) < 4.78 is 14.3. The number of aryl methyl sites for hydroxylation is 2. The molecule has 3 nitrogen and oxygen atoms in total. The van der Waals surface area contributed by atoms with Crippen molar-refractivity contribution in [3.63, 3.8) is 0 Å². The van der Waals surface area contributed by atoms with Gasteiger partial charge in [-0.25, -0.2) is 9.37 Å². The van der Waals surface area contributed by atoms with Crippen LogP contribution in [0.25, 0.3) is 0 Å². The van der Waals surface area contributed by atoms with Crippen molar-refractivity contribution >= 4 is 21.8 Å². The maximum absolute atomic E-state index is 13.5. The average Bonchev–Trinajstić information content (AvgIpc) is 2.42. The first kappa shape index (κ1) is 14.7. The lowest BCUT2D eigenvalue weighted by Crippen LogP contribution is -2.23. The molecule has 1 heterocycles. The summed E-state index contributed by atoms with van der Waals surface area (Å²) in [6.07, 6.45) is 1.57. The highest BCUT2D eigenvalue weighted by molar-refractivity contribution is 9.10. The topological polar surface area (TPSA) is 42.0 Å². The zero-order valence-electron chi connectivity index (χ0n) is 11.2. The van der Waals surface area contributed by atoms with Crippen LogP contribution < -0.4 is 5.32 Å². The van der Waals surface area contributed by atoms with Crippen molar-refractivity contribution in [1.29, 1.82) is 0 Å². The average molecular weight is 337 g/mol. The van der Waals surface area contributed by atoms with Crippen molar-refractivity contribution in [2.24, 2.45) is 0 Å². The Bertz CT molecular complexity index is 618. The molecule has 0 aliphatic heterocycles. The van der Waals surface area contributed by atoms with E-state index in [1.807, 2.05) is 0 Å². The predicted molar refractivity (Wildman–Crippen MR) is 79.0 cm³/mol. The van der Waals surface area contributed by atoms with Gasteiger partial charge in [-0.15, -0.1) is 0 Å². The summed E-state index contributed by atoms with van der Waals surface area (Å²) in [7, 11) is 0. The number of nitrogens with zero attached hydrogens (tertiary/aromatic N) is 1. The highest BCUT2D eigenvalue weighted by atomic mass is 79.9. The number of pyridine rings is 1. The third-order valence-electron chi connectivity index (χ3n) is 2.91. The van der Waals surface area contributed by atoms with Gasteiger partial charge >= 0.3 is 0 Å². The molecule has 0 aliphatic rings. The molecule has 0 unspecified atom stereocenters. The van der Waals surface area contributed by atoms with Crippen LogP contribution in [0.5, 0.6) is 0 Å². The van der Waals surface area contributed by atoms with E-state index in [1.54, 1.807) is 44.3 Å². The second-order valence-electron chi connectivity index (χ2n) is 4.59. The number of hydrogen-bond acceptors (Lipinski definition) is 2. The van der Waals surface area contributed by atoms with Crippen molar-refractivity contribution in [3.05, 3.63) is 63.1 Å². The van der Waals surface area contributed by atoms with Crippen molar-refractivity contribution in [3.8, 4) is 0 Å². The maximum atomic E-state index is 13.5. The Kier molecular flexibility index (Phi) is 4.49. The zero-order valence-corrected chi connectivity index (χ0v) is 12.8. The van der Waals surface area contributed by atoms with E-state index in [1.165, 1.54) is 0 Å². The summed E-state index contributed by atoms with van der Waals surface area (Å²) in [6, 6.07) is 6.87. The van der Waals surface area contributed by atoms with Crippen LogP contribution in [0.15, 0.2) is 34.9 Å². The molecular weight excluding hydrogens is 323 g/mol. The first-order chi connectivity index (χ1) is 9.47. The molecular formula is C15H14BrFN2O. The summed E-state index contributed by atoms with van der Waals surface area (Å²) in [5, 5.41) is 2.77. The molecule has 5 heteroatoms. The number of rotatable bonds is 3. The number of halogens is 2. The van der Waals surface area contributed by atoms with E-state index in [4.69, 9.17) is 0 Å². The Morgan fingerprint density at radius 1 is 1.30 bits per heavy atom. The van der Waals surface area contributed by atoms with Gasteiger partial charge in [0.1, 0.15) is 11.5 Å². The van der Waals surface area contributed by atoms with Gasteiger partial charge in [-0.05, 0) is 58.6 Å². The molecule has 0 saturated heterocycles. The van der Waals surface area contributed by atoms with Crippen molar-refractivity contribution in [2.75, 3.05) is 0 Å². The van der Waals surface area contributed by atoms with Crippen molar-refractivity contribution < 1.29 is 9.18 Å². The normalized spacial score (nSPS) is 10.4. The van der Waals surface area contributed by atoms with Gasteiger partial charge in [0, 0.05) is 17.2 Å². The standard InChI is InChI=1S/C15H14BrFN2O/c1-9-5-11(6-10(2)14(9)17)7-19-15(20)13-4-3-12(16)8-18-13/h3-6,8H,7H2,1-2H3,(H,19,20). The molecule has 0 saturated carbocycles. The smallest absolute Gasteiger partial charge is 0.270 e. The Hall–Kier alpha value is -1.75. The second-order valence-corrected chi connectivity index (χ2v) is 5.50. The van der Waals surface area contributed by atoms with E-state index in [0.29, 0.717) is 23.4 Å². The molecule has 0 fully saturated rings. The van der Waals surface area contributed by atoms with Gasteiger partial charge in [-0.2, -0.15) is 0 Å². The molecule has 2 aromatic rings. The summed E-state index contributed by atoms with van der Waals surface area (Å²) in [6.45, 7) is 3.77. The summed E-state index contributed by atoms with van der Waals surface area (Å²) in [5.74, 6) is -0.452. The second kappa shape index (κ2) is 6.13. The fourth-order valence-corrected chi connectivity index (χ4v) is 2.16. The lowest BCUT2D eigenvalue weighted by molar-refractivity contribution is 0.0946. The molecule has 104 valence electrons. The van der Waals surface area contributed by atoms with Gasteiger partial charge in [-0.3, -0.25) is 4.79 Å². The molecule has 1 aromatic carbocycles. The van der Waals surface area contributed by atoms with E-state index >= 15 is 0 Å². The van der Waals surface area contributed by atoms with E-state index < -0.39 is 0 Å². The molecule has 0 atom stereocenters. The van der Waals surface area contributed by atoms with Crippen LogP contribution in [-0.4, -0.2) is 10.9 Å². The molecule has 1 N–H and O–H groups in total. The highest BCUT2D eigenvalue weighted by Crippen LogP contribution is 2.14. The SMILES string of the molecule is Cc1cc(CNC(=O)c2ccc(Br)cn2)cc(C)c1F. The van der Waals surface area contributed by atoms with Crippen LogP contribution in [0.1, 0.15) is 27.2 Å². The Morgan fingerprint density at radius 3 is 2.50 bits per heavy atom. The van der Waals surface area contributed by atoms with Crippen LogP contribution in [0.2, 0.25) is 0 Å². The minimum absolute atomic E-state index is 0.199. The number of carbonyl (C=O) groups excluding carboxylic acids is 1. The molecule has 2 rings (SSSR count). The molecule has 20 heavy (non-hydrogen) atoms. The number of hydrogen-bond donors (Lipinski definition) is 1. The third-order valence-corrected chi connectivity index (χ3v) is 3.38. The van der Waals surface area contributed by atoms with Gasteiger partial charge in [0.15, 0.2) is 0 Å². The first-order valence-electron chi connectivity index (χ1n) is 6.13. The minimum Gasteiger partial charge on any atom is -0.347 e. The van der Waals surface area contributed by atoms with E-state index in [9.17, 15) is 9.18 Å². The maximum Gasteiger partial charge on any atom is 0.270 e. The number of benzene rings is 1.